The topological polar surface area (TPSA) is 122 Å². The summed E-state index contributed by atoms with van der Waals surface area (Å²) in [5.74, 6) is -1.59. The highest BCUT2D eigenvalue weighted by Gasteiger charge is 2.24. The Morgan fingerprint density at radius 1 is 1.39 bits per heavy atom. The van der Waals surface area contributed by atoms with E-state index < -0.39 is 36.6 Å². The van der Waals surface area contributed by atoms with Gasteiger partial charge in [-0.15, -0.1) is 0 Å². The summed E-state index contributed by atoms with van der Waals surface area (Å²) in [4.78, 5) is 23.1. The summed E-state index contributed by atoms with van der Waals surface area (Å²) in [6, 6.07) is 2.36. The number of rotatable bonds is 5. The highest BCUT2D eigenvalue weighted by atomic mass is 19.1. The van der Waals surface area contributed by atoms with Crippen LogP contribution in [0.25, 0.3) is 0 Å². The number of hydrogen-bond donors (Lipinski definition) is 4. The molecular formula is C14H20BFN2O5. The number of halogens is 1. The molecule has 23 heavy (non-hydrogen) atoms. The molecule has 1 aromatic carbocycles. The van der Waals surface area contributed by atoms with Crippen LogP contribution < -0.4 is 16.5 Å². The number of alkyl carbamates (subject to hydrolysis) is 1. The molecule has 126 valence electrons. The fraction of sp³-hybridized carbons (Fsp3) is 0.429. The first-order valence-corrected chi connectivity index (χ1v) is 6.93. The Balaban J connectivity index is 2.85. The molecule has 5 N–H and O–H groups in total. The van der Waals surface area contributed by atoms with E-state index in [-0.39, 0.29) is 17.4 Å². The Morgan fingerprint density at radius 3 is 2.43 bits per heavy atom. The van der Waals surface area contributed by atoms with E-state index in [1.807, 2.05) is 0 Å². The van der Waals surface area contributed by atoms with E-state index in [2.05, 4.69) is 5.32 Å². The molecule has 0 heterocycles. The van der Waals surface area contributed by atoms with Crippen LogP contribution in [0.15, 0.2) is 18.2 Å². The third kappa shape index (κ3) is 6.25. The van der Waals surface area contributed by atoms with E-state index in [1.165, 1.54) is 12.1 Å². The van der Waals surface area contributed by atoms with E-state index >= 15 is 0 Å². The van der Waals surface area contributed by atoms with E-state index in [1.54, 1.807) is 20.8 Å². The van der Waals surface area contributed by atoms with Crippen LogP contribution in [0.3, 0.4) is 0 Å². The van der Waals surface area contributed by atoms with Crippen molar-refractivity contribution in [3.63, 3.8) is 0 Å². The van der Waals surface area contributed by atoms with Crippen molar-refractivity contribution in [3.05, 3.63) is 29.6 Å². The Hall–Kier alpha value is -2.13. The first kappa shape index (κ1) is 18.9. The van der Waals surface area contributed by atoms with Gasteiger partial charge in [0.05, 0.1) is 0 Å². The molecule has 0 aliphatic carbocycles. The van der Waals surface area contributed by atoms with Crippen molar-refractivity contribution in [1.82, 2.24) is 5.32 Å². The maximum Gasteiger partial charge on any atom is 0.488 e. The van der Waals surface area contributed by atoms with Gasteiger partial charge in [-0.1, -0.05) is 12.1 Å². The Labute approximate surface area is 133 Å². The molecule has 0 fully saturated rings. The van der Waals surface area contributed by atoms with E-state index in [0.717, 1.165) is 6.07 Å². The number of nitrogens with one attached hydrogen (secondary N) is 1. The van der Waals surface area contributed by atoms with Crippen LogP contribution in [0.5, 0.6) is 0 Å². The SMILES string of the molecule is CC(C)(C)OC(=O)N[C@@H](Cc1ccc(B(O)O)cc1F)C(N)=O. The van der Waals surface area contributed by atoms with Gasteiger partial charge in [-0.2, -0.15) is 0 Å². The monoisotopic (exact) mass is 326 g/mol. The zero-order valence-corrected chi connectivity index (χ0v) is 13.2. The van der Waals surface area contributed by atoms with Crippen LogP contribution in [-0.2, 0) is 16.0 Å². The van der Waals surface area contributed by atoms with Gasteiger partial charge < -0.3 is 25.8 Å². The molecule has 0 unspecified atom stereocenters. The van der Waals surface area contributed by atoms with Crippen LogP contribution in [0, 0.1) is 5.82 Å². The summed E-state index contributed by atoms with van der Waals surface area (Å²) in [5, 5.41) is 20.2. The van der Waals surface area contributed by atoms with Gasteiger partial charge in [0.2, 0.25) is 5.91 Å². The summed E-state index contributed by atoms with van der Waals surface area (Å²) < 4.78 is 18.9. The van der Waals surface area contributed by atoms with Crippen LogP contribution in [-0.4, -0.2) is 40.8 Å². The lowest BCUT2D eigenvalue weighted by Gasteiger charge is -2.22. The third-order valence-corrected chi connectivity index (χ3v) is 2.83. The molecule has 0 saturated carbocycles. The number of benzene rings is 1. The van der Waals surface area contributed by atoms with E-state index in [9.17, 15) is 14.0 Å². The van der Waals surface area contributed by atoms with Gasteiger partial charge in [0, 0.05) is 6.42 Å². The van der Waals surface area contributed by atoms with Crippen molar-refractivity contribution in [2.75, 3.05) is 0 Å². The molecule has 1 rings (SSSR count). The molecule has 7 nitrogen and oxygen atoms in total. The van der Waals surface area contributed by atoms with Crippen molar-refractivity contribution in [1.29, 1.82) is 0 Å². The maximum absolute atomic E-state index is 13.9. The normalized spacial score (nSPS) is 12.4. The van der Waals surface area contributed by atoms with E-state index in [0.29, 0.717) is 0 Å². The average Bonchev–Trinajstić information content (AvgIpc) is 2.37. The molecule has 0 bridgehead atoms. The number of nitrogens with two attached hydrogens (primary N) is 1. The first-order valence-electron chi connectivity index (χ1n) is 6.93. The van der Waals surface area contributed by atoms with Crippen molar-refractivity contribution in [3.8, 4) is 0 Å². The van der Waals surface area contributed by atoms with Gasteiger partial charge in [0.15, 0.2) is 0 Å². The van der Waals surface area contributed by atoms with Gasteiger partial charge in [-0.25, -0.2) is 9.18 Å². The Bertz CT molecular complexity index is 589. The number of carbonyl (C=O) groups is 2. The summed E-state index contributed by atoms with van der Waals surface area (Å²) in [6.07, 6.45) is -1.04. The molecule has 0 spiro atoms. The van der Waals surface area contributed by atoms with Crippen LogP contribution >= 0.6 is 0 Å². The number of carbonyl (C=O) groups excluding carboxylic acids is 2. The van der Waals surface area contributed by atoms with Crippen molar-refractivity contribution in [2.45, 2.75) is 38.8 Å². The lowest BCUT2D eigenvalue weighted by Crippen LogP contribution is -2.47. The lowest BCUT2D eigenvalue weighted by molar-refractivity contribution is -0.120. The first-order chi connectivity index (χ1) is 10.5. The van der Waals surface area contributed by atoms with Crippen molar-refractivity contribution >= 4 is 24.6 Å². The van der Waals surface area contributed by atoms with Crippen LogP contribution in [0.2, 0.25) is 0 Å². The molecular weight excluding hydrogens is 306 g/mol. The predicted molar refractivity (Wildman–Crippen MR) is 82.3 cm³/mol. The summed E-state index contributed by atoms with van der Waals surface area (Å²) in [6.45, 7) is 4.97. The highest BCUT2D eigenvalue weighted by Crippen LogP contribution is 2.10. The average molecular weight is 326 g/mol. The van der Waals surface area contributed by atoms with Gasteiger partial charge in [-0.3, -0.25) is 4.79 Å². The molecule has 0 radical (unpaired) electrons. The second-order valence-corrected chi connectivity index (χ2v) is 6.03. The van der Waals surface area contributed by atoms with Gasteiger partial charge in [0.1, 0.15) is 17.5 Å². The molecule has 0 aromatic heterocycles. The third-order valence-electron chi connectivity index (χ3n) is 2.83. The minimum Gasteiger partial charge on any atom is -0.444 e. The zero-order valence-electron chi connectivity index (χ0n) is 13.2. The minimum absolute atomic E-state index is 0.0259. The Morgan fingerprint density at radius 2 is 2.00 bits per heavy atom. The van der Waals surface area contributed by atoms with Gasteiger partial charge >= 0.3 is 13.2 Å². The van der Waals surface area contributed by atoms with Crippen LogP contribution in [0.1, 0.15) is 26.3 Å². The zero-order chi connectivity index (χ0) is 17.8. The molecule has 2 amide bonds. The standard InChI is InChI=1S/C14H20BFN2O5/c1-14(2,3)23-13(20)18-11(12(17)19)6-8-4-5-9(15(21)22)7-10(8)16/h4-5,7,11,21-22H,6H2,1-3H3,(H2,17,19)(H,18,20)/t11-/m0/s1. The van der Waals surface area contributed by atoms with Gasteiger partial charge in [-0.05, 0) is 37.9 Å². The largest absolute Gasteiger partial charge is 0.488 e. The summed E-state index contributed by atoms with van der Waals surface area (Å²) in [7, 11) is -1.80. The predicted octanol–water partition coefficient (Wildman–Crippen LogP) is -0.573. The highest BCUT2D eigenvalue weighted by molar-refractivity contribution is 6.58. The maximum atomic E-state index is 13.9. The molecule has 1 atom stereocenters. The summed E-state index contributed by atoms with van der Waals surface area (Å²) in [5.41, 5.74) is 4.53. The molecule has 0 aliphatic heterocycles. The smallest absolute Gasteiger partial charge is 0.444 e. The Kier molecular flexibility index (Phi) is 6.11. The number of hydrogen-bond acceptors (Lipinski definition) is 5. The molecule has 1 aromatic rings. The minimum atomic E-state index is -1.80. The van der Waals surface area contributed by atoms with Crippen molar-refractivity contribution < 1.29 is 28.8 Å². The second kappa shape index (κ2) is 7.43. The fourth-order valence-corrected chi connectivity index (χ4v) is 1.78. The summed E-state index contributed by atoms with van der Waals surface area (Å²) >= 11 is 0. The molecule has 0 aliphatic rings. The number of ether oxygens (including phenoxy) is 1. The molecule has 9 heteroatoms. The number of amides is 2. The van der Waals surface area contributed by atoms with E-state index in [4.69, 9.17) is 20.5 Å². The van der Waals surface area contributed by atoms with Crippen LogP contribution in [0.4, 0.5) is 9.18 Å². The van der Waals surface area contributed by atoms with Crippen molar-refractivity contribution in [2.24, 2.45) is 5.73 Å². The fourth-order valence-electron chi connectivity index (χ4n) is 1.78. The lowest BCUT2D eigenvalue weighted by atomic mass is 9.79. The molecule has 0 saturated heterocycles. The second-order valence-electron chi connectivity index (χ2n) is 6.03. The quantitative estimate of drug-likeness (QED) is 0.540. The van der Waals surface area contributed by atoms with Gasteiger partial charge in [0.25, 0.3) is 0 Å². The number of primary amides is 1.